The molecule has 0 spiro atoms. The molecule has 0 aliphatic carbocycles. The molecule has 9 heteroatoms. The molecule has 0 radical (unpaired) electrons. The van der Waals surface area contributed by atoms with E-state index >= 15 is 0 Å². The molecule has 0 rings (SSSR count). The molecule has 0 aliphatic heterocycles. The van der Waals surface area contributed by atoms with Gasteiger partial charge >= 0.3 is 6.16 Å². The van der Waals surface area contributed by atoms with E-state index in [0.29, 0.717) is 0 Å². The quantitative estimate of drug-likeness (QED) is 0.302. The van der Waals surface area contributed by atoms with Crippen molar-refractivity contribution in [2.75, 3.05) is 0 Å². The minimum Gasteiger partial charge on any atom is -0.450 e. The monoisotopic (exact) mass is 146 g/mol. The van der Waals surface area contributed by atoms with Crippen LogP contribution >= 0.6 is 0 Å². The van der Waals surface area contributed by atoms with E-state index in [-0.39, 0.29) is 0 Å². The van der Waals surface area contributed by atoms with Crippen LogP contribution in [0, 0.1) is 0 Å². The molecular formula is CH2N6O3-2. The Morgan fingerprint density at radius 3 is 1.00 bits per heavy atom. The summed E-state index contributed by atoms with van der Waals surface area (Å²) in [5.74, 6) is 0. The molecule has 0 atom stereocenters. The van der Waals surface area contributed by atoms with Crippen LogP contribution in [0.2, 0.25) is 0 Å². The van der Waals surface area contributed by atoms with Gasteiger partial charge in [-0.05, 0) is 0 Å². The Morgan fingerprint density at radius 2 is 1.00 bits per heavy atom. The van der Waals surface area contributed by atoms with Crippen LogP contribution in [-0.4, -0.2) is 16.4 Å². The molecular weight excluding hydrogens is 144 g/mol. The van der Waals surface area contributed by atoms with Crippen LogP contribution in [-0.2, 0) is 0 Å². The second kappa shape index (κ2) is 28.6. The standard InChI is InChI=1S/CH2O3.2N3/c2-1(3)4;2*1-3-2/h(H2,2,3,4);;/q;2*-1. The van der Waals surface area contributed by atoms with Gasteiger partial charge in [0, 0.05) is 0 Å². The summed E-state index contributed by atoms with van der Waals surface area (Å²) in [5.41, 5.74) is 27.0. The van der Waals surface area contributed by atoms with Crippen LogP contribution < -0.4 is 0 Å². The third-order valence-electron chi connectivity index (χ3n) is 0. The zero-order valence-electron chi connectivity index (χ0n) is 4.49. The van der Waals surface area contributed by atoms with Gasteiger partial charge in [-0.3, -0.25) is 9.82 Å². The summed E-state index contributed by atoms with van der Waals surface area (Å²) in [7, 11) is 0. The second-order valence-electron chi connectivity index (χ2n) is 0.461. The first kappa shape index (κ1) is 15.7. The lowest BCUT2D eigenvalue weighted by Gasteiger charge is -1.60. The molecule has 0 aromatic rings. The summed E-state index contributed by atoms with van der Waals surface area (Å²) >= 11 is 0. The van der Waals surface area contributed by atoms with Gasteiger partial charge in [-0.2, -0.15) is 0 Å². The minimum absolute atomic E-state index is 1.50. The predicted molar refractivity (Wildman–Crippen MR) is 30.8 cm³/mol. The number of rotatable bonds is 0. The molecule has 0 saturated carbocycles. The number of carbonyl (C=O) groups is 1. The smallest absolute Gasteiger partial charge is 0.450 e. The van der Waals surface area contributed by atoms with Crippen molar-refractivity contribution in [3.05, 3.63) is 31.9 Å². The third kappa shape index (κ3) is 31.6. The lowest BCUT2D eigenvalue weighted by molar-refractivity contribution is 0.137. The highest BCUT2D eigenvalue weighted by Gasteiger charge is 1.70. The first-order valence-electron chi connectivity index (χ1n) is 1.45. The van der Waals surface area contributed by atoms with E-state index in [1.54, 1.807) is 0 Å². The van der Waals surface area contributed by atoms with E-state index in [2.05, 4.69) is 0 Å². The molecule has 0 aromatic heterocycles. The Kier molecular flexibility index (Phi) is 44.8. The number of carboxylic acid groups (broad SMARTS) is 2. The van der Waals surface area contributed by atoms with Gasteiger partial charge in [0.25, 0.3) is 0 Å². The summed E-state index contributed by atoms with van der Waals surface area (Å²) in [5, 5.41) is 13.9. The summed E-state index contributed by atoms with van der Waals surface area (Å²) in [4.78, 5) is 11.6. The topological polar surface area (TPSA) is 175 Å². The Labute approximate surface area is 54.3 Å². The van der Waals surface area contributed by atoms with E-state index < -0.39 is 6.16 Å². The lowest BCUT2D eigenvalue weighted by Crippen LogP contribution is -1.81. The molecule has 0 aliphatic rings. The van der Waals surface area contributed by atoms with Crippen LogP contribution in [0.25, 0.3) is 31.9 Å². The average Bonchev–Trinajstić information content (AvgIpc) is 1.65. The third-order valence-corrected chi connectivity index (χ3v) is 0. The van der Waals surface area contributed by atoms with E-state index in [1.807, 2.05) is 0 Å². The van der Waals surface area contributed by atoms with Crippen LogP contribution in [0.5, 0.6) is 0 Å². The fourth-order valence-corrected chi connectivity index (χ4v) is 0. The van der Waals surface area contributed by atoms with Crippen molar-refractivity contribution in [3.8, 4) is 0 Å². The summed E-state index contributed by atoms with van der Waals surface area (Å²) in [6.07, 6.45) is -1.83. The van der Waals surface area contributed by atoms with E-state index in [0.717, 1.165) is 0 Å². The highest BCUT2D eigenvalue weighted by Crippen LogP contribution is 1.42. The molecule has 0 amide bonds. The van der Waals surface area contributed by atoms with Crippen molar-refractivity contribution >= 4 is 6.16 Å². The van der Waals surface area contributed by atoms with Crippen molar-refractivity contribution in [2.45, 2.75) is 0 Å². The second-order valence-corrected chi connectivity index (χ2v) is 0.461. The van der Waals surface area contributed by atoms with Crippen LogP contribution in [0.15, 0.2) is 0 Å². The first-order chi connectivity index (χ1) is 4.56. The Bertz CT molecular complexity index is 123. The number of hydrogen-bond donors (Lipinski definition) is 2. The molecule has 9 nitrogen and oxygen atoms in total. The van der Waals surface area contributed by atoms with Crippen molar-refractivity contribution in [2.24, 2.45) is 0 Å². The Balaban J connectivity index is -0.0000000750. The van der Waals surface area contributed by atoms with Gasteiger partial charge in [-0.1, -0.05) is 0 Å². The van der Waals surface area contributed by atoms with Crippen LogP contribution in [0.3, 0.4) is 0 Å². The molecule has 0 heterocycles. The van der Waals surface area contributed by atoms with Gasteiger partial charge in [-0.25, -0.2) is 4.79 Å². The Morgan fingerprint density at radius 1 is 1.00 bits per heavy atom. The van der Waals surface area contributed by atoms with Crippen molar-refractivity contribution in [1.82, 2.24) is 0 Å². The summed E-state index contributed by atoms with van der Waals surface area (Å²) < 4.78 is 0. The number of hydrogen-bond acceptors (Lipinski definition) is 1. The predicted octanol–water partition coefficient (Wildman–Crippen LogP) is 1.95. The maximum absolute atomic E-state index is 8.56. The largest absolute Gasteiger partial charge is 0.503 e. The zero-order valence-corrected chi connectivity index (χ0v) is 4.49. The van der Waals surface area contributed by atoms with Crippen molar-refractivity contribution in [1.29, 1.82) is 0 Å². The first-order valence-corrected chi connectivity index (χ1v) is 1.45. The molecule has 0 fully saturated rings. The van der Waals surface area contributed by atoms with Gasteiger partial charge < -0.3 is 32.3 Å². The molecule has 2 N–H and O–H groups in total. The maximum Gasteiger partial charge on any atom is 0.503 e. The molecule has 0 bridgehead atoms. The molecule has 56 valence electrons. The molecule has 0 saturated heterocycles. The van der Waals surface area contributed by atoms with E-state index in [9.17, 15) is 0 Å². The fourth-order valence-electron chi connectivity index (χ4n) is 0. The number of nitrogens with zero attached hydrogens (tertiary/aromatic N) is 6. The van der Waals surface area contributed by atoms with Crippen molar-refractivity contribution in [3.63, 3.8) is 0 Å². The van der Waals surface area contributed by atoms with E-state index in [1.165, 1.54) is 9.82 Å². The van der Waals surface area contributed by atoms with Gasteiger partial charge in [0.2, 0.25) is 0 Å². The SMILES string of the molecule is O=C(O)O.[N-]=[N+]=[N-].[N-]=[N+]=[N-]. The molecule has 10 heavy (non-hydrogen) atoms. The fraction of sp³-hybridized carbons (Fsp3) is 0. The van der Waals surface area contributed by atoms with E-state index in [4.69, 9.17) is 37.1 Å². The van der Waals surface area contributed by atoms with Crippen LogP contribution in [0.4, 0.5) is 4.79 Å². The van der Waals surface area contributed by atoms with Gasteiger partial charge in [0.15, 0.2) is 0 Å². The van der Waals surface area contributed by atoms with Gasteiger partial charge in [0.05, 0.1) is 0 Å². The summed E-state index contributed by atoms with van der Waals surface area (Å²) in [6.45, 7) is 0. The Hall–Kier alpha value is -2.11. The zero-order chi connectivity index (χ0) is 8.99. The van der Waals surface area contributed by atoms with Gasteiger partial charge in [0.1, 0.15) is 0 Å². The maximum atomic E-state index is 8.56. The summed E-state index contributed by atoms with van der Waals surface area (Å²) in [6, 6.07) is 0. The van der Waals surface area contributed by atoms with Crippen molar-refractivity contribution < 1.29 is 15.0 Å². The average molecular weight is 146 g/mol. The molecule has 0 aromatic carbocycles. The van der Waals surface area contributed by atoms with Gasteiger partial charge in [-0.15, -0.1) is 0 Å². The highest BCUT2D eigenvalue weighted by molar-refractivity contribution is 5.53. The highest BCUT2D eigenvalue weighted by atomic mass is 16.6. The lowest BCUT2D eigenvalue weighted by atomic mass is 11.5. The normalized spacial score (nSPS) is 4.00. The minimum atomic E-state index is -1.83. The van der Waals surface area contributed by atoms with Crippen LogP contribution in [0.1, 0.15) is 0 Å². The molecule has 0 unspecified atom stereocenters.